The van der Waals surface area contributed by atoms with E-state index in [0.29, 0.717) is 11.7 Å². The Kier molecular flexibility index (Phi) is 6.11. The Bertz CT molecular complexity index is 711. The summed E-state index contributed by atoms with van der Waals surface area (Å²) in [4.78, 5) is 9.39. The first-order valence-electron chi connectivity index (χ1n) is 7.75. The number of rotatable bonds is 4. The highest BCUT2D eigenvalue weighted by molar-refractivity contribution is 9.10. The maximum absolute atomic E-state index is 6.04. The van der Waals surface area contributed by atoms with Crippen molar-refractivity contribution in [1.29, 1.82) is 0 Å². The Morgan fingerprint density at radius 3 is 2.26 bits per heavy atom. The van der Waals surface area contributed by atoms with Crippen LogP contribution in [0, 0.1) is 13.8 Å². The normalized spacial score (nSPS) is 12.5. The summed E-state index contributed by atoms with van der Waals surface area (Å²) in [5.41, 5.74) is 10.2. The van der Waals surface area contributed by atoms with E-state index in [4.69, 9.17) is 10.7 Å². The lowest BCUT2D eigenvalue weighted by Gasteiger charge is -2.09. The van der Waals surface area contributed by atoms with Gasteiger partial charge in [0.1, 0.15) is 5.84 Å². The average molecular weight is 372 g/mol. The second-order valence-corrected chi connectivity index (χ2v) is 6.46. The first-order valence-corrected chi connectivity index (χ1v) is 8.54. The fourth-order valence-corrected chi connectivity index (χ4v) is 3.06. The molecule has 3 nitrogen and oxygen atoms in total. The van der Waals surface area contributed by atoms with Crippen LogP contribution in [0.15, 0.2) is 56.9 Å². The van der Waals surface area contributed by atoms with E-state index in [1.807, 2.05) is 30.3 Å². The maximum Gasteiger partial charge on any atom is 0.161 e. The third kappa shape index (κ3) is 4.76. The highest BCUT2D eigenvalue weighted by Crippen LogP contribution is 2.28. The van der Waals surface area contributed by atoms with Gasteiger partial charge in [-0.1, -0.05) is 53.2 Å². The smallest absolute Gasteiger partial charge is 0.161 e. The molecular weight excluding hydrogens is 350 g/mol. The molecule has 0 aromatic heterocycles. The molecule has 2 rings (SSSR count). The minimum Gasteiger partial charge on any atom is -0.387 e. The van der Waals surface area contributed by atoms with Crippen molar-refractivity contribution in [3.8, 4) is 0 Å². The van der Waals surface area contributed by atoms with Crippen molar-refractivity contribution in [2.45, 2.75) is 33.6 Å². The Morgan fingerprint density at radius 2 is 1.70 bits per heavy atom. The number of hydrogen-bond donors (Lipinski definition) is 1. The number of halogens is 1. The van der Waals surface area contributed by atoms with Crippen molar-refractivity contribution in [2.24, 2.45) is 15.7 Å². The predicted octanol–water partition coefficient (Wildman–Crippen LogP) is 5.30. The summed E-state index contributed by atoms with van der Waals surface area (Å²) in [5, 5.41) is 0. The summed E-state index contributed by atoms with van der Waals surface area (Å²) in [7, 11) is 0. The van der Waals surface area contributed by atoms with Crippen molar-refractivity contribution in [2.75, 3.05) is 0 Å². The molecule has 23 heavy (non-hydrogen) atoms. The lowest BCUT2D eigenvalue weighted by atomic mass is 10.1. The minimum atomic E-state index is 0.613. The van der Waals surface area contributed by atoms with Crippen molar-refractivity contribution >= 4 is 33.3 Å². The van der Waals surface area contributed by atoms with Crippen LogP contribution in [0.4, 0.5) is 5.69 Å². The standard InChI is InChI=1S/C19H22BrN3/c1-4-8-17(21)22-19(15-9-6-5-7-10-15)23-18-13(2)11-16(20)12-14(18)3/h5-7,9-12H,4,8H2,1-3H3,(H2,21,22,23). The molecular formula is C19H22BrN3. The van der Waals surface area contributed by atoms with Gasteiger partial charge in [-0.05, 0) is 43.5 Å². The van der Waals surface area contributed by atoms with Crippen LogP contribution in [0.5, 0.6) is 0 Å². The van der Waals surface area contributed by atoms with E-state index in [0.717, 1.165) is 39.7 Å². The van der Waals surface area contributed by atoms with Crippen LogP contribution < -0.4 is 5.73 Å². The SMILES string of the molecule is CCCC(N)=NC(=Nc1c(C)cc(Br)cc1C)c1ccccc1. The van der Waals surface area contributed by atoms with Crippen LogP contribution >= 0.6 is 15.9 Å². The van der Waals surface area contributed by atoms with Gasteiger partial charge in [-0.2, -0.15) is 0 Å². The molecule has 0 aliphatic heterocycles. The van der Waals surface area contributed by atoms with Gasteiger partial charge in [0.25, 0.3) is 0 Å². The fraction of sp³-hybridized carbons (Fsp3) is 0.263. The number of amidine groups is 2. The molecule has 0 unspecified atom stereocenters. The van der Waals surface area contributed by atoms with Crippen molar-refractivity contribution in [1.82, 2.24) is 0 Å². The zero-order valence-corrected chi connectivity index (χ0v) is 15.4. The number of aryl methyl sites for hydroxylation is 2. The molecule has 0 aliphatic rings. The first kappa shape index (κ1) is 17.4. The lowest BCUT2D eigenvalue weighted by Crippen LogP contribution is -2.14. The Morgan fingerprint density at radius 1 is 1.09 bits per heavy atom. The third-order valence-electron chi connectivity index (χ3n) is 3.46. The zero-order chi connectivity index (χ0) is 16.8. The molecule has 0 amide bonds. The van der Waals surface area contributed by atoms with Crippen molar-refractivity contribution in [3.63, 3.8) is 0 Å². The summed E-state index contributed by atoms with van der Waals surface area (Å²) in [5.74, 6) is 1.27. The molecule has 0 saturated heterocycles. The molecule has 0 aliphatic carbocycles. The summed E-state index contributed by atoms with van der Waals surface area (Å²) >= 11 is 3.52. The predicted molar refractivity (Wildman–Crippen MR) is 103 cm³/mol. The van der Waals surface area contributed by atoms with Crippen LogP contribution in [0.2, 0.25) is 0 Å². The van der Waals surface area contributed by atoms with Gasteiger partial charge in [0.2, 0.25) is 0 Å². The van der Waals surface area contributed by atoms with Crippen LogP contribution in [0.3, 0.4) is 0 Å². The molecule has 0 fully saturated rings. The van der Waals surface area contributed by atoms with Crippen LogP contribution in [-0.2, 0) is 0 Å². The van der Waals surface area contributed by atoms with Gasteiger partial charge in [0.05, 0.1) is 5.69 Å². The molecule has 0 radical (unpaired) electrons. The van der Waals surface area contributed by atoms with E-state index in [1.165, 1.54) is 0 Å². The zero-order valence-electron chi connectivity index (χ0n) is 13.8. The number of nitrogens with zero attached hydrogens (tertiary/aromatic N) is 2. The molecule has 2 aromatic carbocycles. The molecule has 0 spiro atoms. The second-order valence-electron chi connectivity index (χ2n) is 5.54. The van der Waals surface area contributed by atoms with E-state index in [-0.39, 0.29) is 0 Å². The Balaban J connectivity index is 2.56. The number of nitrogens with two attached hydrogens (primary N) is 1. The minimum absolute atomic E-state index is 0.613. The maximum atomic E-state index is 6.04. The van der Waals surface area contributed by atoms with E-state index in [1.54, 1.807) is 0 Å². The summed E-state index contributed by atoms with van der Waals surface area (Å²) < 4.78 is 1.06. The van der Waals surface area contributed by atoms with E-state index < -0.39 is 0 Å². The van der Waals surface area contributed by atoms with Crippen LogP contribution in [0.1, 0.15) is 36.5 Å². The molecule has 2 aromatic rings. The summed E-state index contributed by atoms with van der Waals surface area (Å²) in [6.07, 6.45) is 1.73. The molecule has 120 valence electrons. The van der Waals surface area contributed by atoms with Crippen molar-refractivity contribution < 1.29 is 0 Å². The Labute approximate surface area is 146 Å². The molecule has 2 N–H and O–H groups in total. The number of benzene rings is 2. The first-order chi connectivity index (χ1) is 11.0. The molecule has 4 heteroatoms. The molecule has 0 bridgehead atoms. The molecule has 0 saturated carbocycles. The van der Waals surface area contributed by atoms with Gasteiger partial charge >= 0.3 is 0 Å². The van der Waals surface area contributed by atoms with E-state index in [9.17, 15) is 0 Å². The number of aliphatic imine (C=N–C) groups is 2. The van der Waals surface area contributed by atoms with Crippen LogP contribution in [0.25, 0.3) is 0 Å². The quantitative estimate of drug-likeness (QED) is 0.575. The summed E-state index contributed by atoms with van der Waals surface area (Å²) in [6, 6.07) is 14.1. The van der Waals surface area contributed by atoms with Gasteiger partial charge in [-0.3, -0.25) is 0 Å². The average Bonchev–Trinajstić information content (AvgIpc) is 2.50. The van der Waals surface area contributed by atoms with Crippen LogP contribution in [-0.4, -0.2) is 11.7 Å². The topological polar surface area (TPSA) is 50.7 Å². The largest absolute Gasteiger partial charge is 0.387 e. The number of hydrogen-bond acceptors (Lipinski definition) is 1. The van der Waals surface area contributed by atoms with Gasteiger partial charge < -0.3 is 5.73 Å². The van der Waals surface area contributed by atoms with Gasteiger partial charge in [-0.15, -0.1) is 0 Å². The van der Waals surface area contributed by atoms with Gasteiger partial charge in [0, 0.05) is 16.5 Å². The second kappa shape index (κ2) is 8.06. The highest BCUT2D eigenvalue weighted by Gasteiger charge is 2.08. The van der Waals surface area contributed by atoms with E-state index in [2.05, 4.69) is 53.8 Å². The Hall–Kier alpha value is -1.94. The van der Waals surface area contributed by atoms with Crippen molar-refractivity contribution in [3.05, 3.63) is 63.6 Å². The van der Waals surface area contributed by atoms with Gasteiger partial charge in [0.15, 0.2) is 5.84 Å². The fourth-order valence-electron chi connectivity index (χ4n) is 2.37. The third-order valence-corrected chi connectivity index (χ3v) is 3.92. The lowest BCUT2D eigenvalue weighted by molar-refractivity contribution is 0.984. The summed E-state index contributed by atoms with van der Waals surface area (Å²) in [6.45, 7) is 6.20. The molecule has 0 atom stereocenters. The molecule has 0 heterocycles. The van der Waals surface area contributed by atoms with Gasteiger partial charge in [-0.25, -0.2) is 9.98 Å². The monoisotopic (exact) mass is 371 g/mol. The highest BCUT2D eigenvalue weighted by atomic mass is 79.9. The van der Waals surface area contributed by atoms with E-state index >= 15 is 0 Å².